The van der Waals surface area contributed by atoms with Crippen LogP contribution in [0.3, 0.4) is 0 Å². The van der Waals surface area contributed by atoms with E-state index in [9.17, 15) is 8.42 Å². The van der Waals surface area contributed by atoms with E-state index >= 15 is 0 Å². The summed E-state index contributed by atoms with van der Waals surface area (Å²) >= 11 is 4.60. The second-order valence-corrected chi connectivity index (χ2v) is 7.70. The van der Waals surface area contributed by atoms with Crippen LogP contribution in [0.4, 0.5) is 0 Å². The van der Waals surface area contributed by atoms with Crippen LogP contribution in [-0.2, 0) is 20.9 Å². The lowest BCUT2D eigenvalue weighted by Crippen LogP contribution is -2.06. The summed E-state index contributed by atoms with van der Waals surface area (Å²) in [4.78, 5) is 4.17. The van der Waals surface area contributed by atoms with Crippen molar-refractivity contribution in [1.29, 1.82) is 0 Å². The zero-order valence-electron chi connectivity index (χ0n) is 9.46. The predicted molar refractivity (Wildman–Crippen MR) is 73.0 cm³/mol. The predicted octanol–water partition coefficient (Wildman–Crippen LogP) is 3.12. The lowest BCUT2D eigenvalue weighted by molar-refractivity contribution is 0.307. The molecule has 0 amide bonds. The average molecular weight is 348 g/mol. The molecule has 0 atom stereocenters. The van der Waals surface area contributed by atoms with E-state index in [1.807, 2.05) is 6.92 Å². The van der Waals surface area contributed by atoms with Gasteiger partial charge in [-0.05, 0) is 35.0 Å². The summed E-state index contributed by atoms with van der Waals surface area (Å²) in [6.45, 7) is 1.84. The van der Waals surface area contributed by atoms with E-state index in [4.69, 9.17) is 4.18 Å². The Morgan fingerprint density at radius 1 is 1.33 bits per heavy atom. The Balaban J connectivity index is 2.10. The van der Waals surface area contributed by atoms with Crippen molar-refractivity contribution in [3.8, 4) is 0 Å². The molecule has 1 heterocycles. The highest BCUT2D eigenvalue weighted by Gasteiger charge is 2.15. The molecule has 0 fully saturated rings. The third kappa shape index (κ3) is 3.38. The fourth-order valence-corrected chi connectivity index (χ4v) is 3.42. The first kappa shape index (κ1) is 13.7. The number of nitrogens with zero attached hydrogens (tertiary/aromatic N) is 1. The molecule has 7 heteroatoms. The molecule has 0 aliphatic heterocycles. The molecule has 0 unspecified atom stereocenters. The van der Waals surface area contributed by atoms with Gasteiger partial charge in [-0.3, -0.25) is 4.18 Å². The smallest absolute Gasteiger partial charge is 0.259 e. The summed E-state index contributed by atoms with van der Waals surface area (Å²) in [6, 6.07) is 6.53. The van der Waals surface area contributed by atoms with Crippen LogP contribution in [-0.4, -0.2) is 13.4 Å². The van der Waals surface area contributed by atoms with Crippen LogP contribution in [0.15, 0.2) is 39.1 Å². The van der Waals surface area contributed by atoms with Gasteiger partial charge in [-0.2, -0.15) is 8.42 Å². The number of thiazole rings is 1. The zero-order chi connectivity index (χ0) is 13.2. The minimum Gasteiger partial charge on any atom is -0.259 e. The summed E-state index contributed by atoms with van der Waals surface area (Å²) in [6.07, 6.45) is 1.61. The fraction of sp³-hybridized carbons (Fsp3) is 0.182. The molecule has 0 saturated carbocycles. The zero-order valence-corrected chi connectivity index (χ0v) is 12.7. The van der Waals surface area contributed by atoms with Crippen molar-refractivity contribution < 1.29 is 12.6 Å². The maximum absolute atomic E-state index is 11.9. The second-order valence-electron chi connectivity index (χ2n) is 3.59. The Bertz CT molecular complexity index is 635. The molecule has 1 aromatic heterocycles. The molecule has 0 aliphatic rings. The third-order valence-electron chi connectivity index (χ3n) is 2.17. The van der Waals surface area contributed by atoms with Gasteiger partial charge < -0.3 is 0 Å². The SMILES string of the molecule is Cc1ccc(S(=O)(=O)OCc2ncc(Br)s2)cc1. The van der Waals surface area contributed by atoms with Crippen LogP contribution >= 0.6 is 27.3 Å². The van der Waals surface area contributed by atoms with Gasteiger partial charge in [0, 0.05) is 0 Å². The highest BCUT2D eigenvalue weighted by atomic mass is 79.9. The molecule has 2 rings (SSSR count). The van der Waals surface area contributed by atoms with Crippen molar-refractivity contribution in [2.24, 2.45) is 0 Å². The van der Waals surface area contributed by atoms with Gasteiger partial charge in [0.1, 0.15) is 11.6 Å². The Morgan fingerprint density at radius 2 is 2.00 bits per heavy atom. The average Bonchev–Trinajstić information content (AvgIpc) is 2.73. The number of aromatic nitrogens is 1. The Hall–Kier alpha value is -0.760. The summed E-state index contributed by atoms with van der Waals surface area (Å²) in [5, 5.41) is 0.609. The summed E-state index contributed by atoms with van der Waals surface area (Å²) in [5.41, 5.74) is 0.998. The number of hydrogen-bond donors (Lipinski definition) is 0. The van der Waals surface area contributed by atoms with E-state index in [1.165, 1.54) is 23.5 Å². The van der Waals surface area contributed by atoms with Gasteiger partial charge in [-0.25, -0.2) is 4.98 Å². The highest BCUT2D eigenvalue weighted by Crippen LogP contribution is 2.21. The van der Waals surface area contributed by atoms with E-state index in [0.717, 1.165) is 9.35 Å². The van der Waals surface area contributed by atoms with Gasteiger partial charge in [0.15, 0.2) is 0 Å². The number of aryl methyl sites for hydroxylation is 1. The summed E-state index contributed by atoms with van der Waals surface area (Å²) in [7, 11) is -3.71. The van der Waals surface area contributed by atoms with Crippen molar-refractivity contribution in [1.82, 2.24) is 4.98 Å². The van der Waals surface area contributed by atoms with E-state index in [2.05, 4.69) is 20.9 Å². The topological polar surface area (TPSA) is 56.3 Å². The van der Waals surface area contributed by atoms with Gasteiger partial charge >= 0.3 is 0 Å². The minimum atomic E-state index is -3.71. The monoisotopic (exact) mass is 347 g/mol. The first-order chi connectivity index (χ1) is 8.47. The van der Waals surface area contributed by atoms with Crippen LogP contribution < -0.4 is 0 Å². The van der Waals surface area contributed by atoms with Gasteiger partial charge in [0.05, 0.1) is 14.9 Å². The van der Waals surface area contributed by atoms with Crippen molar-refractivity contribution in [3.63, 3.8) is 0 Å². The minimum absolute atomic E-state index is 0.0491. The maximum atomic E-state index is 11.9. The van der Waals surface area contributed by atoms with Crippen molar-refractivity contribution in [3.05, 3.63) is 44.8 Å². The Kier molecular flexibility index (Phi) is 4.16. The molecule has 1 aromatic carbocycles. The molecule has 96 valence electrons. The molecule has 0 radical (unpaired) electrons. The molecular formula is C11H10BrNO3S2. The van der Waals surface area contributed by atoms with Crippen molar-refractivity contribution in [2.75, 3.05) is 0 Å². The second kappa shape index (κ2) is 5.48. The van der Waals surface area contributed by atoms with Gasteiger partial charge in [0.2, 0.25) is 0 Å². The highest BCUT2D eigenvalue weighted by molar-refractivity contribution is 9.11. The van der Waals surface area contributed by atoms with Crippen LogP contribution in [0.25, 0.3) is 0 Å². The summed E-state index contributed by atoms with van der Waals surface area (Å²) in [5.74, 6) is 0. The molecule has 0 aliphatic carbocycles. The number of rotatable bonds is 4. The van der Waals surface area contributed by atoms with E-state index in [0.29, 0.717) is 5.01 Å². The van der Waals surface area contributed by atoms with Crippen LogP contribution in [0.1, 0.15) is 10.6 Å². The first-order valence-corrected chi connectivity index (χ1v) is 8.05. The standard InChI is InChI=1S/C11H10BrNO3S2/c1-8-2-4-9(5-3-8)18(14,15)16-7-11-13-6-10(12)17-11/h2-6H,7H2,1H3. The van der Waals surface area contributed by atoms with E-state index < -0.39 is 10.1 Å². The summed E-state index contributed by atoms with van der Waals surface area (Å²) < 4.78 is 29.5. The lowest BCUT2D eigenvalue weighted by atomic mass is 10.2. The molecule has 0 spiro atoms. The Labute approximate surface area is 118 Å². The molecule has 2 aromatic rings. The van der Waals surface area contributed by atoms with Gasteiger partial charge in [-0.1, -0.05) is 17.7 Å². The van der Waals surface area contributed by atoms with Crippen LogP contribution in [0.2, 0.25) is 0 Å². The number of benzene rings is 1. The lowest BCUT2D eigenvalue weighted by Gasteiger charge is -2.04. The van der Waals surface area contributed by atoms with Gasteiger partial charge in [-0.15, -0.1) is 11.3 Å². The third-order valence-corrected chi connectivity index (χ3v) is 4.90. The Morgan fingerprint density at radius 3 is 2.56 bits per heavy atom. The molecular weight excluding hydrogens is 338 g/mol. The molecule has 4 nitrogen and oxygen atoms in total. The molecule has 0 bridgehead atoms. The molecule has 0 N–H and O–H groups in total. The molecule has 0 saturated heterocycles. The van der Waals surface area contributed by atoms with Crippen LogP contribution in [0.5, 0.6) is 0 Å². The van der Waals surface area contributed by atoms with Crippen molar-refractivity contribution in [2.45, 2.75) is 18.4 Å². The first-order valence-electron chi connectivity index (χ1n) is 5.04. The van der Waals surface area contributed by atoms with Crippen molar-refractivity contribution >= 4 is 37.4 Å². The quantitative estimate of drug-likeness (QED) is 0.797. The number of hydrogen-bond acceptors (Lipinski definition) is 5. The van der Waals surface area contributed by atoms with Gasteiger partial charge in [0.25, 0.3) is 10.1 Å². The largest absolute Gasteiger partial charge is 0.297 e. The fourth-order valence-electron chi connectivity index (χ4n) is 1.26. The number of halogens is 1. The molecule has 18 heavy (non-hydrogen) atoms. The maximum Gasteiger partial charge on any atom is 0.297 e. The normalized spacial score (nSPS) is 11.7. The van der Waals surface area contributed by atoms with E-state index in [1.54, 1.807) is 18.3 Å². The van der Waals surface area contributed by atoms with E-state index in [-0.39, 0.29) is 11.5 Å². The van der Waals surface area contributed by atoms with Crippen LogP contribution in [0, 0.1) is 6.92 Å².